The zero-order valence-electron chi connectivity index (χ0n) is 19.7. The zero-order chi connectivity index (χ0) is 27.6. The van der Waals surface area contributed by atoms with Crippen LogP contribution >= 0.6 is 11.6 Å². The van der Waals surface area contributed by atoms with E-state index in [-0.39, 0.29) is 38.8 Å². The van der Waals surface area contributed by atoms with Gasteiger partial charge in [-0.1, -0.05) is 23.7 Å². The van der Waals surface area contributed by atoms with Crippen molar-refractivity contribution in [1.82, 2.24) is 0 Å². The molecule has 11 heteroatoms. The Balaban J connectivity index is 1.74. The summed E-state index contributed by atoms with van der Waals surface area (Å²) < 4.78 is 76.3. The van der Waals surface area contributed by atoms with Gasteiger partial charge in [-0.3, -0.25) is 4.79 Å². The lowest BCUT2D eigenvalue weighted by Crippen LogP contribution is -2.16. The quantitative estimate of drug-likeness (QED) is 0.113. The third kappa shape index (κ3) is 5.35. The van der Waals surface area contributed by atoms with Gasteiger partial charge in [0, 0.05) is 17.7 Å². The summed E-state index contributed by atoms with van der Waals surface area (Å²) >= 11 is 5.90. The van der Waals surface area contributed by atoms with Gasteiger partial charge in [0.05, 0.1) is 30.2 Å². The molecular weight excluding hydrogens is 532 g/mol. The number of halogens is 5. The number of methoxy groups -OCH3 is 2. The summed E-state index contributed by atoms with van der Waals surface area (Å²) in [5.74, 6) is -3.01. The number of hydrogen-bond acceptors (Lipinski definition) is 6. The maximum atomic E-state index is 14.0. The number of alkyl halides is 3. The summed E-state index contributed by atoms with van der Waals surface area (Å²) in [6, 6.07) is 11.2. The van der Waals surface area contributed by atoms with E-state index in [0.717, 1.165) is 24.3 Å². The molecule has 1 aromatic heterocycles. The third-order valence-electron chi connectivity index (χ3n) is 5.40. The molecule has 196 valence electrons. The lowest BCUT2D eigenvalue weighted by Gasteiger charge is -2.14. The minimum atomic E-state index is -5.04. The highest BCUT2D eigenvalue weighted by atomic mass is 35.5. The van der Waals surface area contributed by atoms with Crippen molar-refractivity contribution in [1.29, 1.82) is 0 Å². The topological polar surface area (TPSA) is 75.0 Å². The van der Waals surface area contributed by atoms with Crippen LogP contribution in [0.4, 0.5) is 17.6 Å². The van der Waals surface area contributed by atoms with Crippen molar-refractivity contribution >= 4 is 34.6 Å². The maximum Gasteiger partial charge on any atom is 0.450 e. The lowest BCUT2D eigenvalue weighted by atomic mass is 10.0. The Morgan fingerprint density at radius 2 is 1.74 bits per heavy atom. The van der Waals surface area contributed by atoms with Crippen molar-refractivity contribution in [3.63, 3.8) is 0 Å². The van der Waals surface area contributed by atoms with Crippen molar-refractivity contribution in [3.8, 4) is 28.4 Å². The predicted octanol–water partition coefficient (Wildman–Crippen LogP) is 6.91. The van der Waals surface area contributed by atoms with Crippen LogP contribution in [-0.2, 0) is 11.0 Å². The van der Waals surface area contributed by atoms with E-state index in [1.807, 2.05) is 0 Å². The molecule has 0 spiro atoms. The Labute approximate surface area is 217 Å². The van der Waals surface area contributed by atoms with Gasteiger partial charge >= 0.3 is 12.1 Å². The van der Waals surface area contributed by atoms with E-state index in [0.29, 0.717) is 0 Å². The Morgan fingerprint density at radius 3 is 2.39 bits per heavy atom. The predicted molar refractivity (Wildman–Crippen MR) is 132 cm³/mol. The third-order valence-corrected chi connectivity index (χ3v) is 5.73. The minimum Gasteiger partial charge on any atom is -0.493 e. The van der Waals surface area contributed by atoms with Crippen molar-refractivity contribution in [2.24, 2.45) is 0 Å². The molecule has 38 heavy (non-hydrogen) atoms. The first-order valence-corrected chi connectivity index (χ1v) is 11.2. The molecule has 1 heterocycles. The second-order valence-corrected chi connectivity index (χ2v) is 8.16. The van der Waals surface area contributed by atoms with Crippen LogP contribution in [0.2, 0.25) is 5.02 Å². The van der Waals surface area contributed by atoms with Crippen LogP contribution in [0.1, 0.15) is 11.3 Å². The highest BCUT2D eigenvalue weighted by Crippen LogP contribution is 2.40. The fraction of sp³-hybridized carbons (Fsp3) is 0.111. The molecule has 0 atom stereocenters. The van der Waals surface area contributed by atoms with Gasteiger partial charge in [-0.05, 0) is 48.0 Å². The number of fused-ring (bicyclic) bond motifs is 1. The number of hydrogen-bond donors (Lipinski definition) is 0. The van der Waals surface area contributed by atoms with Crippen LogP contribution in [0.15, 0.2) is 69.9 Å². The molecule has 0 saturated carbocycles. The fourth-order valence-electron chi connectivity index (χ4n) is 3.66. The molecule has 0 unspecified atom stereocenters. The number of esters is 1. The van der Waals surface area contributed by atoms with Crippen molar-refractivity contribution in [2.75, 3.05) is 14.2 Å². The van der Waals surface area contributed by atoms with Gasteiger partial charge in [-0.15, -0.1) is 0 Å². The molecular formula is C27H17ClF4O6. The zero-order valence-corrected chi connectivity index (χ0v) is 20.4. The summed E-state index contributed by atoms with van der Waals surface area (Å²) in [5.41, 5.74) is -2.29. The van der Waals surface area contributed by atoms with Gasteiger partial charge in [0.1, 0.15) is 17.1 Å². The van der Waals surface area contributed by atoms with E-state index in [2.05, 4.69) is 0 Å². The SMILES string of the molecule is COc1ccc(-c2c(C(F)(F)F)oc3cc(OC(=O)/C=C/c4c(F)cccc4Cl)ccc3c2=O)cc1OC. The Bertz CT molecular complexity index is 1600. The van der Waals surface area contributed by atoms with Crippen molar-refractivity contribution in [2.45, 2.75) is 6.18 Å². The highest BCUT2D eigenvalue weighted by molar-refractivity contribution is 6.32. The molecule has 0 N–H and O–H groups in total. The largest absolute Gasteiger partial charge is 0.493 e. The molecule has 4 aromatic rings. The van der Waals surface area contributed by atoms with Crippen LogP contribution in [0, 0.1) is 5.82 Å². The fourth-order valence-corrected chi connectivity index (χ4v) is 3.89. The number of carbonyl (C=O) groups excluding carboxylic acids is 1. The summed E-state index contributed by atoms with van der Waals surface area (Å²) in [5, 5.41) is -0.122. The number of ether oxygens (including phenoxy) is 3. The first-order valence-electron chi connectivity index (χ1n) is 10.8. The van der Waals surface area contributed by atoms with Crippen LogP contribution in [0.25, 0.3) is 28.2 Å². The lowest BCUT2D eigenvalue weighted by molar-refractivity contribution is -0.152. The Morgan fingerprint density at radius 1 is 1.00 bits per heavy atom. The second-order valence-electron chi connectivity index (χ2n) is 7.75. The molecule has 3 aromatic carbocycles. The van der Waals surface area contributed by atoms with Crippen LogP contribution in [0.3, 0.4) is 0 Å². The van der Waals surface area contributed by atoms with Crippen molar-refractivity contribution < 1.29 is 41.0 Å². The average Bonchev–Trinajstić information content (AvgIpc) is 2.87. The van der Waals surface area contributed by atoms with E-state index >= 15 is 0 Å². The first-order chi connectivity index (χ1) is 18.0. The standard InChI is InChI=1S/C27H17ClF4O6/c1-35-20-10-6-14(12-22(20)36-2)24-25(34)17-8-7-15(13-21(17)38-26(24)27(30,31)32)37-23(33)11-9-16-18(28)4-3-5-19(16)29/h3-13H,1-2H3/b11-9+. The molecule has 0 fully saturated rings. The molecule has 0 aliphatic carbocycles. The minimum absolute atomic E-state index is 0.0480. The summed E-state index contributed by atoms with van der Waals surface area (Å²) in [6.07, 6.45) is -3.05. The van der Waals surface area contributed by atoms with Gasteiger partial charge < -0.3 is 18.6 Å². The molecule has 0 aliphatic heterocycles. The van der Waals surface area contributed by atoms with Gasteiger partial charge in [0.25, 0.3) is 0 Å². The maximum absolute atomic E-state index is 14.0. The van der Waals surface area contributed by atoms with Crippen molar-refractivity contribution in [3.05, 3.63) is 93.1 Å². The van der Waals surface area contributed by atoms with Gasteiger partial charge in [-0.2, -0.15) is 13.2 Å². The van der Waals surface area contributed by atoms with E-state index in [4.69, 9.17) is 30.2 Å². The summed E-state index contributed by atoms with van der Waals surface area (Å²) in [6.45, 7) is 0. The second kappa shape index (κ2) is 10.6. The van der Waals surface area contributed by atoms with Gasteiger partial charge in [0.2, 0.25) is 11.2 Å². The first kappa shape index (κ1) is 26.7. The molecule has 4 rings (SSSR count). The Hall–Kier alpha value is -4.31. The average molecular weight is 549 g/mol. The van der Waals surface area contributed by atoms with Crippen LogP contribution in [0.5, 0.6) is 17.2 Å². The van der Waals surface area contributed by atoms with E-state index < -0.39 is 40.3 Å². The number of rotatable bonds is 6. The smallest absolute Gasteiger partial charge is 0.450 e. The molecule has 6 nitrogen and oxygen atoms in total. The molecule has 0 aliphatic rings. The summed E-state index contributed by atoms with van der Waals surface area (Å²) in [7, 11) is 2.66. The van der Waals surface area contributed by atoms with Crippen LogP contribution in [-0.4, -0.2) is 20.2 Å². The van der Waals surface area contributed by atoms with Gasteiger partial charge in [0.15, 0.2) is 11.5 Å². The normalized spacial score (nSPS) is 11.7. The van der Waals surface area contributed by atoms with Crippen LogP contribution < -0.4 is 19.6 Å². The van der Waals surface area contributed by atoms with E-state index in [1.165, 1.54) is 56.7 Å². The monoisotopic (exact) mass is 548 g/mol. The molecule has 0 saturated heterocycles. The molecule has 0 amide bonds. The highest BCUT2D eigenvalue weighted by Gasteiger charge is 2.39. The van der Waals surface area contributed by atoms with Gasteiger partial charge in [-0.25, -0.2) is 9.18 Å². The molecule has 0 radical (unpaired) electrons. The number of carbonyl (C=O) groups is 1. The summed E-state index contributed by atoms with van der Waals surface area (Å²) in [4.78, 5) is 25.4. The Kier molecular flexibility index (Phi) is 7.45. The van der Waals surface area contributed by atoms with E-state index in [1.54, 1.807) is 0 Å². The number of benzene rings is 3. The molecule has 0 bridgehead atoms. The van der Waals surface area contributed by atoms with E-state index in [9.17, 15) is 27.2 Å².